The van der Waals surface area contributed by atoms with Crippen molar-refractivity contribution in [2.24, 2.45) is 46.3 Å². The Balaban J connectivity index is 0.985. The summed E-state index contributed by atoms with van der Waals surface area (Å²) in [5.41, 5.74) is -1.06. The van der Waals surface area contributed by atoms with E-state index in [1.165, 1.54) is 9.80 Å². The molecule has 6 heteroatoms. The second-order valence-corrected chi connectivity index (χ2v) is 11.3. The highest BCUT2D eigenvalue weighted by molar-refractivity contribution is 6.09. The highest BCUT2D eigenvalue weighted by atomic mass is 16.2. The number of rotatable bonds is 7. The fourth-order valence-corrected chi connectivity index (χ4v) is 8.09. The number of carbonyl (C=O) groups is 4. The van der Waals surface area contributed by atoms with Crippen molar-refractivity contribution >= 4 is 23.6 Å². The molecule has 0 N–H and O–H groups in total. The highest BCUT2D eigenvalue weighted by Gasteiger charge is 2.68. The molecule has 6 rings (SSSR count). The average Bonchev–Trinajstić information content (AvgIpc) is 3.57. The SMILES string of the molecule is C[C@]12C(=O)N(CCCCCCN3C(=O)[C@H]4[C@@H]5C=C[C@@H](C5)[C@@]4(C)C3=O)C(=O)[C@@H]1[C@@H]1C=C[C@@H]2C1. The van der Waals surface area contributed by atoms with E-state index in [9.17, 15) is 19.2 Å². The van der Waals surface area contributed by atoms with Crippen molar-refractivity contribution in [1.29, 1.82) is 0 Å². The Hall–Kier alpha value is -2.24. The molecule has 4 bridgehead atoms. The fourth-order valence-electron chi connectivity index (χ4n) is 8.09. The Morgan fingerprint density at radius 2 is 1.09 bits per heavy atom. The molecule has 0 aromatic carbocycles. The molecule has 4 aliphatic carbocycles. The number of imide groups is 2. The van der Waals surface area contributed by atoms with Crippen LogP contribution in [-0.2, 0) is 19.2 Å². The van der Waals surface area contributed by atoms with Crippen LogP contribution in [0.15, 0.2) is 24.3 Å². The second kappa shape index (κ2) is 6.64. The van der Waals surface area contributed by atoms with Gasteiger partial charge in [0.2, 0.25) is 23.6 Å². The summed E-state index contributed by atoms with van der Waals surface area (Å²) >= 11 is 0. The van der Waals surface area contributed by atoms with Gasteiger partial charge in [0.15, 0.2) is 0 Å². The van der Waals surface area contributed by atoms with Crippen molar-refractivity contribution in [3.8, 4) is 0 Å². The van der Waals surface area contributed by atoms with Crippen LogP contribution in [0.25, 0.3) is 0 Å². The molecule has 0 radical (unpaired) electrons. The first-order chi connectivity index (χ1) is 15.3. The number of hydrogen-bond donors (Lipinski definition) is 0. The summed E-state index contributed by atoms with van der Waals surface area (Å²) in [6.07, 6.45) is 13.7. The molecule has 0 spiro atoms. The van der Waals surface area contributed by atoms with Gasteiger partial charge in [0.1, 0.15) is 0 Å². The van der Waals surface area contributed by atoms with Gasteiger partial charge in [-0.1, -0.05) is 37.1 Å². The summed E-state index contributed by atoms with van der Waals surface area (Å²) in [5.74, 6) is 0.619. The summed E-state index contributed by atoms with van der Waals surface area (Å²) in [6, 6.07) is 0. The van der Waals surface area contributed by atoms with E-state index >= 15 is 0 Å². The van der Waals surface area contributed by atoms with Crippen LogP contribution in [0, 0.1) is 46.3 Å². The summed E-state index contributed by atoms with van der Waals surface area (Å²) in [5, 5.41) is 0. The molecular formula is C26H32N2O4. The lowest BCUT2D eigenvalue weighted by Gasteiger charge is -2.28. The van der Waals surface area contributed by atoms with E-state index in [0.29, 0.717) is 13.1 Å². The van der Waals surface area contributed by atoms with Gasteiger partial charge in [0.25, 0.3) is 0 Å². The molecule has 170 valence electrons. The maximum atomic E-state index is 13.0. The maximum absolute atomic E-state index is 13.0. The molecule has 2 saturated carbocycles. The van der Waals surface area contributed by atoms with Gasteiger partial charge < -0.3 is 0 Å². The monoisotopic (exact) mass is 436 g/mol. The molecule has 6 aliphatic rings. The van der Waals surface area contributed by atoms with E-state index in [2.05, 4.69) is 24.3 Å². The maximum Gasteiger partial charge on any atom is 0.236 e. The van der Waals surface area contributed by atoms with E-state index < -0.39 is 10.8 Å². The van der Waals surface area contributed by atoms with Crippen molar-refractivity contribution < 1.29 is 19.2 Å². The number of allylic oxidation sites excluding steroid dienone is 4. The number of nitrogens with zero attached hydrogens (tertiary/aromatic N) is 2. The van der Waals surface area contributed by atoms with Crippen LogP contribution in [-0.4, -0.2) is 46.5 Å². The summed E-state index contributed by atoms with van der Waals surface area (Å²) in [4.78, 5) is 55.0. The van der Waals surface area contributed by atoms with Crippen molar-refractivity contribution in [2.45, 2.75) is 52.4 Å². The molecule has 6 nitrogen and oxygen atoms in total. The Kier molecular flexibility index (Phi) is 4.23. The van der Waals surface area contributed by atoms with E-state index in [-0.39, 0.29) is 59.1 Å². The largest absolute Gasteiger partial charge is 0.282 e. The third-order valence-electron chi connectivity index (χ3n) is 9.91. The lowest BCUT2D eigenvalue weighted by atomic mass is 9.71. The van der Waals surface area contributed by atoms with Crippen molar-refractivity contribution in [1.82, 2.24) is 9.80 Å². The van der Waals surface area contributed by atoms with Gasteiger partial charge in [-0.3, -0.25) is 29.0 Å². The van der Waals surface area contributed by atoms with Crippen molar-refractivity contribution in [2.75, 3.05) is 13.1 Å². The standard InChI is InChI=1S/C26H32N2O4/c1-25-17-9-7-15(13-17)19(25)21(29)27(23(25)31)11-5-3-4-6-12-28-22(30)20-16-8-10-18(14-16)26(20,2)24(28)32/h7-10,15-20H,3-6,11-14H2,1-2H3/t15-,16-,17-,18+,19+,20-,25-,26-/m1/s1. The Bertz CT molecular complexity index is 906. The first-order valence-electron chi connectivity index (χ1n) is 12.4. The quantitative estimate of drug-likeness (QED) is 0.349. The third-order valence-corrected chi connectivity index (χ3v) is 9.91. The molecule has 2 heterocycles. The zero-order valence-electron chi connectivity index (χ0n) is 19.0. The minimum Gasteiger partial charge on any atom is -0.282 e. The first kappa shape index (κ1) is 20.4. The predicted octanol–water partition coefficient (Wildman–Crippen LogP) is 2.94. The molecule has 4 fully saturated rings. The van der Waals surface area contributed by atoms with Gasteiger partial charge in [0, 0.05) is 13.1 Å². The van der Waals surface area contributed by atoms with Crippen LogP contribution in [0.1, 0.15) is 52.4 Å². The van der Waals surface area contributed by atoms with Crippen molar-refractivity contribution in [3.05, 3.63) is 24.3 Å². The number of hydrogen-bond acceptors (Lipinski definition) is 4. The normalized spacial score (nSPS) is 45.2. The van der Waals surface area contributed by atoms with Crippen LogP contribution in [0.5, 0.6) is 0 Å². The molecule has 0 aromatic rings. The summed E-state index contributed by atoms with van der Waals surface area (Å²) in [7, 11) is 0. The molecule has 8 atom stereocenters. The van der Waals surface area contributed by atoms with E-state index in [1.54, 1.807) is 0 Å². The Morgan fingerprint density at radius 1 is 0.688 bits per heavy atom. The molecule has 2 saturated heterocycles. The van der Waals surface area contributed by atoms with Crippen LogP contribution in [0.3, 0.4) is 0 Å². The summed E-state index contributed by atoms with van der Waals surface area (Å²) < 4.78 is 0. The number of carbonyl (C=O) groups excluding carboxylic acids is 4. The zero-order valence-corrected chi connectivity index (χ0v) is 19.0. The van der Waals surface area contributed by atoms with Gasteiger partial charge in [-0.05, 0) is 63.2 Å². The zero-order chi connectivity index (χ0) is 22.4. The average molecular weight is 437 g/mol. The third kappa shape index (κ3) is 2.31. The molecule has 0 unspecified atom stereocenters. The van der Waals surface area contributed by atoms with E-state index in [0.717, 1.165) is 38.5 Å². The number of unbranched alkanes of at least 4 members (excludes halogenated alkanes) is 3. The van der Waals surface area contributed by atoms with E-state index in [1.807, 2.05) is 13.8 Å². The number of fused-ring (bicyclic) bond motifs is 10. The van der Waals surface area contributed by atoms with Crippen LogP contribution in [0.2, 0.25) is 0 Å². The Labute approximate surface area is 189 Å². The number of amides is 4. The smallest absolute Gasteiger partial charge is 0.236 e. The fraction of sp³-hybridized carbons (Fsp3) is 0.692. The number of likely N-dealkylation sites (tertiary alicyclic amines) is 2. The molecule has 2 aliphatic heterocycles. The van der Waals surface area contributed by atoms with Gasteiger partial charge >= 0.3 is 0 Å². The van der Waals surface area contributed by atoms with Crippen LogP contribution < -0.4 is 0 Å². The predicted molar refractivity (Wildman–Crippen MR) is 117 cm³/mol. The molecular weight excluding hydrogens is 404 g/mol. The molecule has 4 amide bonds. The van der Waals surface area contributed by atoms with Gasteiger partial charge in [-0.2, -0.15) is 0 Å². The van der Waals surface area contributed by atoms with E-state index in [4.69, 9.17) is 0 Å². The molecule has 32 heavy (non-hydrogen) atoms. The Morgan fingerprint density at radius 3 is 1.47 bits per heavy atom. The van der Waals surface area contributed by atoms with Crippen molar-refractivity contribution in [3.63, 3.8) is 0 Å². The summed E-state index contributed by atoms with van der Waals surface area (Å²) in [6.45, 7) is 4.93. The minimum atomic E-state index is -0.532. The minimum absolute atomic E-state index is 0.0145. The van der Waals surface area contributed by atoms with Crippen LogP contribution in [0.4, 0.5) is 0 Å². The second-order valence-electron chi connectivity index (χ2n) is 11.3. The van der Waals surface area contributed by atoms with Gasteiger partial charge in [-0.25, -0.2) is 0 Å². The van der Waals surface area contributed by atoms with Crippen LogP contribution >= 0.6 is 0 Å². The van der Waals surface area contributed by atoms with Gasteiger partial charge in [0.05, 0.1) is 22.7 Å². The highest BCUT2D eigenvalue weighted by Crippen LogP contribution is 2.61. The first-order valence-corrected chi connectivity index (χ1v) is 12.4. The molecule has 0 aromatic heterocycles. The topological polar surface area (TPSA) is 74.8 Å². The van der Waals surface area contributed by atoms with Gasteiger partial charge in [-0.15, -0.1) is 0 Å². The lowest BCUT2D eigenvalue weighted by Crippen LogP contribution is -2.38. The lowest BCUT2D eigenvalue weighted by molar-refractivity contribution is -0.143.